The fourth-order valence-electron chi connectivity index (χ4n) is 2.12. The molecule has 1 atom stereocenters. The van der Waals surface area contributed by atoms with Crippen molar-refractivity contribution in [2.75, 3.05) is 0 Å². The number of halogens is 2. The summed E-state index contributed by atoms with van der Waals surface area (Å²) in [5.41, 5.74) is 10.2. The Hall–Kier alpha value is -1.26. The van der Waals surface area contributed by atoms with Crippen LogP contribution in [0, 0.1) is 19.7 Å². The first-order valence-corrected chi connectivity index (χ1v) is 6.90. The fraction of sp³-hybridized carbons (Fsp3) is 0.267. The van der Waals surface area contributed by atoms with Crippen LogP contribution in [-0.2, 0) is 6.42 Å². The van der Waals surface area contributed by atoms with Gasteiger partial charge in [-0.2, -0.15) is 0 Å². The summed E-state index contributed by atoms with van der Waals surface area (Å²) in [6.07, 6.45) is 0.657. The Balaban J connectivity index is 2.20. The van der Waals surface area contributed by atoms with Crippen molar-refractivity contribution in [3.63, 3.8) is 0 Å². The van der Waals surface area contributed by atoms with Crippen LogP contribution in [0.1, 0.15) is 28.6 Å². The van der Waals surface area contributed by atoms with Crippen molar-refractivity contribution in [2.45, 2.75) is 26.3 Å². The Morgan fingerprint density at radius 1 is 1.26 bits per heavy atom. The summed E-state index contributed by atoms with van der Waals surface area (Å²) in [6.45, 7) is 3.92. The lowest BCUT2D eigenvalue weighted by atomic mass is 9.98. The third-order valence-electron chi connectivity index (χ3n) is 3.11. The van der Waals surface area contributed by atoms with Crippen LogP contribution in [0.15, 0.2) is 34.8 Å². The topological polar surface area (TPSA) is 38.9 Å². The lowest BCUT2D eigenvalue weighted by Gasteiger charge is -2.15. The Bertz CT molecular complexity index is 599. The molecule has 0 bridgehead atoms. The van der Waals surface area contributed by atoms with E-state index in [0.29, 0.717) is 10.9 Å². The molecule has 0 amide bonds. The highest BCUT2D eigenvalue weighted by molar-refractivity contribution is 9.10. The summed E-state index contributed by atoms with van der Waals surface area (Å²) < 4.78 is 13.6. The SMILES string of the molecule is Cc1ccc(C(N)Cc2ccc(F)c(Br)c2)c(C)n1. The maximum atomic E-state index is 13.2. The molecule has 2 N–H and O–H groups in total. The number of benzene rings is 1. The van der Waals surface area contributed by atoms with E-state index in [0.717, 1.165) is 22.5 Å². The smallest absolute Gasteiger partial charge is 0.137 e. The van der Waals surface area contributed by atoms with Crippen molar-refractivity contribution in [1.82, 2.24) is 4.98 Å². The number of nitrogens with zero attached hydrogens (tertiary/aromatic N) is 1. The summed E-state index contributed by atoms with van der Waals surface area (Å²) in [5.74, 6) is -0.259. The van der Waals surface area contributed by atoms with Gasteiger partial charge in [0, 0.05) is 17.4 Å². The van der Waals surface area contributed by atoms with Gasteiger partial charge >= 0.3 is 0 Å². The van der Waals surface area contributed by atoms with Crippen LogP contribution in [0.25, 0.3) is 0 Å². The summed E-state index contributed by atoms with van der Waals surface area (Å²) in [7, 11) is 0. The van der Waals surface area contributed by atoms with E-state index in [2.05, 4.69) is 20.9 Å². The third-order valence-corrected chi connectivity index (χ3v) is 3.71. The molecule has 1 aromatic heterocycles. The Morgan fingerprint density at radius 2 is 2.00 bits per heavy atom. The van der Waals surface area contributed by atoms with Gasteiger partial charge in [-0.25, -0.2) is 4.39 Å². The van der Waals surface area contributed by atoms with E-state index in [1.165, 1.54) is 6.07 Å². The van der Waals surface area contributed by atoms with Gasteiger partial charge in [0.05, 0.1) is 4.47 Å². The quantitative estimate of drug-likeness (QED) is 0.932. The lowest BCUT2D eigenvalue weighted by Crippen LogP contribution is -2.15. The van der Waals surface area contributed by atoms with Gasteiger partial charge in [0.15, 0.2) is 0 Å². The first-order valence-electron chi connectivity index (χ1n) is 6.11. The molecule has 100 valence electrons. The number of hydrogen-bond donors (Lipinski definition) is 1. The number of rotatable bonds is 3. The highest BCUT2D eigenvalue weighted by atomic mass is 79.9. The van der Waals surface area contributed by atoms with Crippen LogP contribution in [0.2, 0.25) is 0 Å². The van der Waals surface area contributed by atoms with Gasteiger partial charge in [0.1, 0.15) is 5.82 Å². The monoisotopic (exact) mass is 322 g/mol. The molecule has 0 radical (unpaired) electrons. The molecule has 1 aromatic carbocycles. The van der Waals surface area contributed by atoms with E-state index in [4.69, 9.17) is 5.73 Å². The van der Waals surface area contributed by atoms with E-state index in [1.807, 2.05) is 26.0 Å². The van der Waals surface area contributed by atoms with Gasteiger partial charge in [-0.05, 0) is 65.5 Å². The molecule has 2 nitrogen and oxygen atoms in total. The Morgan fingerprint density at radius 3 is 2.63 bits per heavy atom. The number of aryl methyl sites for hydroxylation is 2. The number of hydrogen-bond acceptors (Lipinski definition) is 2. The van der Waals surface area contributed by atoms with Gasteiger partial charge in [-0.1, -0.05) is 12.1 Å². The van der Waals surface area contributed by atoms with E-state index in [1.54, 1.807) is 12.1 Å². The Kier molecular flexibility index (Phi) is 4.32. The van der Waals surface area contributed by atoms with Crippen LogP contribution < -0.4 is 5.73 Å². The molecular weight excluding hydrogens is 307 g/mol. The fourth-order valence-corrected chi connectivity index (χ4v) is 2.55. The molecular formula is C15H16BrFN2. The zero-order chi connectivity index (χ0) is 14.0. The standard InChI is InChI=1S/C15H16BrFN2/c1-9-3-5-12(10(2)19-9)15(18)8-11-4-6-14(17)13(16)7-11/h3-7,15H,8,18H2,1-2H3. The van der Waals surface area contributed by atoms with Crippen molar-refractivity contribution >= 4 is 15.9 Å². The molecule has 0 fully saturated rings. The highest BCUT2D eigenvalue weighted by Gasteiger charge is 2.11. The van der Waals surface area contributed by atoms with Gasteiger partial charge in [0.25, 0.3) is 0 Å². The number of nitrogens with two attached hydrogens (primary N) is 1. The van der Waals surface area contributed by atoms with Crippen LogP contribution in [0.3, 0.4) is 0 Å². The first-order chi connectivity index (χ1) is 8.97. The Labute approximate surface area is 121 Å². The molecule has 19 heavy (non-hydrogen) atoms. The highest BCUT2D eigenvalue weighted by Crippen LogP contribution is 2.22. The summed E-state index contributed by atoms with van der Waals surface area (Å²) in [6, 6.07) is 8.82. The maximum absolute atomic E-state index is 13.2. The second-order valence-electron chi connectivity index (χ2n) is 4.69. The van der Waals surface area contributed by atoms with E-state index in [-0.39, 0.29) is 11.9 Å². The van der Waals surface area contributed by atoms with Gasteiger partial charge < -0.3 is 5.73 Å². The van der Waals surface area contributed by atoms with Crippen molar-refractivity contribution in [3.8, 4) is 0 Å². The van der Waals surface area contributed by atoms with Crippen LogP contribution in [0.4, 0.5) is 4.39 Å². The first kappa shape index (κ1) is 14.2. The molecule has 2 aromatic rings. The molecule has 0 aliphatic heterocycles. The third kappa shape index (κ3) is 3.39. The van der Waals surface area contributed by atoms with Gasteiger partial charge in [-0.15, -0.1) is 0 Å². The van der Waals surface area contributed by atoms with Crippen molar-refractivity contribution in [3.05, 3.63) is 63.1 Å². The average Bonchev–Trinajstić information content (AvgIpc) is 2.33. The molecule has 0 aliphatic carbocycles. The van der Waals surface area contributed by atoms with Crippen LogP contribution >= 0.6 is 15.9 Å². The minimum absolute atomic E-state index is 0.134. The molecule has 2 rings (SSSR count). The zero-order valence-electron chi connectivity index (χ0n) is 11.0. The van der Waals surface area contributed by atoms with E-state index < -0.39 is 0 Å². The van der Waals surface area contributed by atoms with Crippen molar-refractivity contribution < 1.29 is 4.39 Å². The number of pyridine rings is 1. The summed E-state index contributed by atoms with van der Waals surface area (Å²) in [5, 5.41) is 0. The molecule has 4 heteroatoms. The lowest BCUT2D eigenvalue weighted by molar-refractivity contribution is 0.618. The minimum atomic E-state index is -0.259. The molecule has 0 saturated heterocycles. The van der Waals surface area contributed by atoms with Crippen molar-refractivity contribution in [1.29, 1.82) is 0 Å². The van der Waals surface area contributed by atoms with Gasteiger partial charge in [-0.3, -0.25) is 4.98 Å². The minimum Gasteiger partial charge on any atom is -0.324 e. The normalized spacial score (nSPS) is 12.5. The number of aromatic nitrogens is 1. The van der Waals surface area contributed by atoms with E-state index in [9.17, 15) is 4.39 Å². The average molecular weight is 323 g/mol. The summed E-state index contributed by atoms with van der Waals surface area (Å²) >= 11 is 3.19. The predicted octanol–water partition coefficient (Wildman–Crippen LogP) is 3.84. The molecule has 0 spiro atoms. The predicted molar refractivity (Wildman–Crippen MR) is 78.4 cm³/mol. The molecule has 1 heterocycles. The molecule has 0 aliphatic rings. The van der Waals surface area contributed by atoms with E-state index >= 15 is 0 Å². The van der Waals surface area contributed by atoms with Gasteiger partial charge in [0.2, 0.25) is 0 Å². The maximum Gasteiger partial charge on any atom is 0.137 e. The largest absolute Gasteiger partial charge is 0.324 e. The van der Waals surface area contributed by atoms with Crippen LogP contribution in [0.5, 0.6) is 0 Å². The summed E-state index contributed by atoms with van der Waals surface area (Å²) in [4.78, 5) is 4.42. The van der Waals surface area contributed by atoms with Crippen molar-refractivity contribution in [2.24, 2.45) is 5.73 Å². The zero-order valence-corrected chi connectivity index (χ0v) is 12.5. The second kappa shape index (κ2) is 5.80. The molecule has 0 saturated carbocycles. The second-order valence-corrected chi connectivity index (χ2v) is 5.54. The molecule has 1 unspecified atom stereocenters. The van der Waals surface area contributed by atoms with Crippen LogP contribution in [-0.4, -0.2) is 4.98 Å².